The fourth-order valence-electron chi connectivity index (χ4n) is 1.58. The molecule has 0 amide bonds. The number of hydrogen-bond acceptors (Lipinski definition) is 3. The molecule has 0 aliphatic heterocycles. The molecule has 0 fully saturated rings. The molecule has 0 bridgehead atoms. The van der Waals surface area contributed by atoms with Crippen molar-refractivity contribution in [1.82, 2.24) is 0 Å². The van der Waals surface area contributed by atoms with Crippen molar-refractivity contribution in [3.8, 4) is 0 Å². The molecule has 21 heavy (non-hydrogen) atoms. The van der Waals surface area contributed by atoms with Crippen LogP contribution in [0.3, 0.4) is 0 Å². The molecule has 110 valence electrons. The Kier molecular flexibility index (Phi) is 4.55. The quantitative estimate of drug-likeness (QED) is 0.835. The highest BCUT2D eigenvalue weighted by atomic mass is 79.9. The van der Waals surface area contributed by atoms with E-state index in [1.54, 1.807) is 24.3 Å². The first-order chi connectivity index (χ1) is 9.81. The van der Waals surface area contributed by atoms with Crippen molar-refractivity contribution in [2.75, 3.05) is 4.72 Å². The summed E-state index contributed by atoms with van der Waals surface area (Å²) in [5, 5.41) is 8.73. The van der Waals surface area contributed by atoms with Gasteiger partial charge in [0.1, 0.15) is 0 Å². The number of carbonyl (C=O) groups is 1. The fourth-order valence-corrected chi connectivity index (χ4v) is 3.53. The van der Waals surface area contributed by atoms with Gasteiger partial charge in [-0.1, -0.05) is 23.7 Å². The average Bonchev–Trinajstić information content (AvgIpc) is 2.40. The van der Waals surface area contributed by atoms with E-state index in [1.807, 2.05) is 0 Å². The summed E-state index contributed by atoms with van der Waals surface area (Å²) in [7, 11) is -3.86. The predicted octanol–water partition coefficient (Wildman–Crippen LogP) is 3.60. The molecule has 8 heteroatoms. The topological polar surface area (TPSA) is 83.5 Å². The first-order valence-electron chi connectivity index (χ1n) is 5.61. The number of nitrogens with one attached hydrogen (secondary N) is 1. The van der Waals surface area contributed by atoms with Gasteiger partial charge in [-0.2, -0.15) is 0 Å². The Morgan fingerprint density at radius 3 is 2.43 bits per heavy atom. The van der Waals surface area contributed by atoms with Crippen molar-refractivity contribution in [3.63, 3.8) is 0 Å². The largest absolute Gasteiger partial charge is 0.478 e. The van der Waals surface area contributed by atoms with E-state index in [9.17, 15) is 13.2 Å². The Labute approximate surface area is 134 Å². The molecule has 0 atom stereocenters. The molecule has 0 spiro atoms. The Morgan fingerprint density at radius 2 is 1.86 bits per heavy atom. The van der Waals surface area contributed by atoms with Crippen LogP contribution in [0.25, 0.3) is 0 Å². The molecule has 2 aromatic carbocycles. The number of hydrogen-bond donors (Lipinski definition) is 2. The highest BCUT2D eigenvalue weighted by molar-refractivity contribution is 9.10. The molecule has 0 radical (unpaired) electrons. The molecule has 0 heterocycles. The number of sulfonamides is 1. The summed E-state index contributed by atoms with van der Waals surface area (Å²) in [4.78, 5) is 10.7. The van der Waals surface area contributed by atoms with Gasteiger partial charge in [0.05, 0.1) is 21.2 Å². The second kappa shape index (κ2) is 6.05. The van der Waals surface area contributed by atoms with E-state index in [0.29, 0.717) is 10.2 Å². The van der Waals surface area contributed by atoms with Crippen molar-refractivity contribution < 1.29 is 18.3 Å². The summed E-state index contributed by atoms with van der Waals surface area (Å²) in [6.07, 6.45) is 0. The molecule has 0 unspecified atom stereocenters. The van der Waals surface area contributed by atoms with Gasteiger partial charge in [-0.25, -0.2) is 13.2 Å². The van der Waals surface area contributed by atoms with Gasteiger partial charge in [-0.15, -0.1) is 0 Å². The number of para-hydroxylation sites is 1. The molecule has 0 aliphatic carbocycles. The minimum absolute atomic E-state index is 0.117. The van der Waals surface area contributed by atoms with E-state index in [-0.39, 0.29) is 15.5 Å². The summed E-state index contributed by atoms with van der Waals surface area (Å²) in [6, 6.07) is 10.2. The second-order valence-electron chi connectivity index (χ2n) is 4.03. The van der Waals surface area contributed by atoms with E-state index in [2.05, 4.69) is 20.7 Å². The van der Waals surface area contributed by atoms with Gasteiger partial charge in [-0.3, -0.25) is 4.72 Å². The van der Waals surface area contributed by atoms with Crippen LogP contribution in [0.15, 0.2) is 51.8 Å². The lowest BCUT2D eigenvalue weighted by atomic mass is 10.2. The maximum atomic E-state index is 12.2. The number of carboxylic acids is 1. The van der Waals surface area contributed by atoms with Gasteiger partial charge in [0.25, 0.3) is 10.0 Å². The van der Waals surface area contributed by atoms with Gasteiger partial charge in [0.2, 0.25) is 0 Å². The van der Waals surface area contributed by atoms with Crippen LogP contribution in [-0.4, -0.2) is 19.5 Å². The molecule has 0 aliphatic rings. The number of carboxylic acid groups (broad SMARTS) is 1. The molecule has 0 aromatic heterocycles. The van der Waals surface area contributed by atoms with Gasteiger partial charge in [0.15, 0.2) is 0 Å². The average molecular weight is 391 g/mol. The van der Waals surface area contributed by atoms with Crippen LogP contribution in [0.1, 0.15) is 10.4 Å². The molecule has 2 rings (SSSR count). The van der Waals surface area contributed by atoms with Crippen molar-refractivity contribution >= 4 is 49.2 Å². The van der Waals surface area contributed by atoms with E-state index in [4.69, 9.17) is 16.7 Å². The predicted molar refractivity (Wildman–Crippen MR) is 83.4 cm³/mol. The van der Waals surface area contributed by atoms with Crippen LogP contribution in [0.4, 0.5) is 5.69 Å². The summed E-state index contributed by atoms with van der Waals surface area (Å²) in [5.74, 6) is -1.22. The number of aromatic carboxylic acids is 1. The number of halogens is 2. The second-order valence-corrected chi connectivity index (χ2v) is 6.98. The van der Waals surface area contributed by atoms with E-state index in [1.165, 1.54) is 6.07 Å². The van der Waals surface area contributed by atoms with Crippen LogP contribution in [-0.2, 0) is 10.0 Å². The van der Waals surface area contributed by atoms with Crippen molar-refractivity contribution in [3.05, 3.63) is 57.5 Å². The van der Waals surface area contributed by atoms with Crippen molar-refractivity contribution in [2.45, 2.75) is 4.90 Å². The standard InChI is InChI=1S/C13H9BrClNO4S/c14-10-3-1-2-4-12(10)16-21(19,20)8-5-6-9(13(17)18)11(15)7-8/h1-7,16H,(H,17,18). The number of anilines is 1. The molecular formula is C13H9BrClNO4S. The lowest BCUT2D eigenvalue weighted by Gasteiger charge is -2.10. The minimum Gasteiger partial charge on any atom is -0.478 e. The third kappa shape index (κ3) is 3.55. The van der Waals surface area contributed by atoms with Gasteiger partial charge in [-0.05, 0) is 46.3 Å². The van der Waals surface area contributed by atoms with Crippen LogP contribution < -0.4 is 4.72 Å². The zero-order valence-corrected chi connectivity index (χ0v) is 13.5. The Morgan fingerprint density at radius 1 is 1.19 bits per heavy atom. The van der Waals surface area contributed by atoms with E-state index >= 15 is 0 Å². The first-order valence-corrected chi connectivity index (χ1v) is 8.27. The maximum absolute atomic E-state index is 12.2. The maximum Gasteiger partial charge on any atom is 0.337 e. The lowest BCUT2D eigenvalue weighted by molar-refractivity contribution is 0.0697. The number of rotatable bonds is 4. The molecular weight excluding hydrogens is 382 g/mol. The Balaban J connectivity index is 2.39. The van der Waals surface area contributed by atoms with Crippen LogP contribution in [0.2, 0.25) is 5.02 Å². The Hall–Kier alpha value is -1.57. The van der Waals surface area contributed by atoms with Crippen molar-refractivity contribution in [2.24, 2.45) is 0 Å². The summed E-state index contributed by atoms with van der Waals surface area (Å²) in [5.41, 5.74) is 0.215. The van der Waals surface area contributed by atoms with Crippen LogP contribution >= 0.6 is 27.5 Å². The van der Waals surface area contributed by atoms with E-state index < -0.39 is 16.0 Å². The monoisotopic (exact) mass is 389 g/mol. The molecule has 5 nitrogen and oxygen atoms in total. The number of benzene rings is 2. The van der Waals surface area contributed by atoms with E-state index in [0.717, 1.165) is 12.1 Å². The third-order valence-electron chi connectivity index (χ3n) is 2.60. The highest BCUT2D eigenvalue weighted by Crippen LogP contribution is 2.26. The van der Waals surface area contributed by atoms with Gasteiger partial charge < -0.3 is 5.11 Å². The SMILES string of the molecule is O=C(O)c1ccc(S(=O)(=O)Nc2ccccc2Br)cc1Cl. The molecule has 0 saturated carbocycles. The molecule has 2 aromatic rings. The summed E-state index contributed by atoms with van der Waals surface area (Å²) >= 11 is 9.02. The normalized spacial score (nSPS) is 11.1. The lowest BCUT2D eigenvalue weighted by Crippen LogP contribution is -2.13. The fraction of sp³-hybridized carbons (Fsp3) is 0. The zero-order chi connectivity index (χ0) is 15.6. The van der Waals surface area contributed by atoms with Gasteiger partial charge >= 0.3 is 5.97 Å². The Bertz CT molecular complexity index is 808. The van der Waals surface area contributed by atoms with Crippen LogP contribution in [0.5, 0.6) is 0 Å². The molecule has 0 saturated heterocycles. The smallest absolute Gasteiger partial charge is 0.337 e. The van der Waals surface area contributed by atoms with Gasteiger partial charge in [0, 0.05) is 4.47 Å². The summed E-state index contributed by atoms with van der Waals surface area (Å²) < 4.78 is 27.5. The minimum atomic E-state index is -3.86. The summed E-state index contributed by atoms with van der Waals surface area (Å²) in [6.45, 7) is 0. The van der Waals surface area contributed by atoms with Crippen LogP contribution in [0, 0.1) is 0 Å². The zero-order valence-electron chi connectivity index (χ0n) is 10.4. The third-order valence-corrected chi connectivity index (χ3v) is 4.97. The highest BCUT2D eigenvalue weighted by Gasteiger charge is 2.18. The molecule has 2 N–H and O–H groups in total. The first kappa shape index (κ1) is 15.8. The van der Waals surface area contributed by atoms with Crippen molar-refractivity contribution in [1.29, 1.82) is 0 Å².